The summed E-state index contributed by atoms with van der Waals surface area (Å²) in [5.41, 5.74) is 1.09. The Kier molecular flexibility index (Phi) is 6.10. The van der Waals surface area contributed by atoms with Crippen molar-refractivity contribution in [2.45, 2.75) is 40.0 Å². The third kappa shape index (κ3) is 4.00. The molecule has 34 heavy (non-hydrogen) atoms. The van der Waals surface area contributed by atoms with Gasteiger partial charge in [0.1, 0.15) is 6.61 Å². The van der Waals surface area contributed by atoms with Crippen LogP contribution in [-0.4, -0.2) is 47.7 Å². The molecule has 1 unspecified atom stereocenters. The molecule has 0 aliphatic carbocycles. The van der Waals surface area contributed by atoms with Crippen molar-refractivity contribution < 1.29 is 19.1 Å². The second-order valence-electron chi connectivity index (χ2n) is 7.87. The molecule has 11 nitrogen and oxygen atoms in total. The summed E-state index contributed by atoms with van der Waals surface area (Å²) >= 11 is 0. The Labute approximate surface area is 193 Å². The Morgan fingerprint density at radius 1 is 1.06 bits per heavy atom. The van der Waals surface area contributed by atoms with E-state index in [2.05, 4.69) is 4.98 Å². The SMILES string of the molecule is CCn1c(-c2ccccc2)cn2c3c(=O)n(CC(COC(C)=O)OC(C)=O)c(=O)n(C)c3nc12. The Morgan fingerprint density at radius 2 is 1.76 bits per heavy atom. The summed E-state index contributed by atoms with van der Waals surface area (Å²) in [5, 5.41) is 0. The summed E-state index contributed by atoms with van der Waals surface area (Å²) in [4.78, 5) is 53.9. The molecule has 0 aliphatic rings. The fourth-order valence-corrected chi connectivity index (χ4v) is 4.03. The van der Waals surface area contributed by atoms with Crippen molar-refractivity contribution in [3.05, 3.63) is 57.4 Å². The maximum absolute atomic E-state index is 13.5. The highest BCUT2D eigenvalue weighted by molar-refractivity contribution is 5.78. The zero-order valence-electron chi connectivity index (χ0n) is 19.3. The molecule has 0 spiro atoms. The van der Waals surface area contributed by atoms with Crippen LogP contribution in [0.2, 0.25) is 0 Å². The number of carbonyl (C=O) groups excluding carboxylic acids is 2. The number of imidazole rings is 2. The van der Waals surface area contributed by atoms with Crippen LogP contribution in [-0.2, 0) is 39.2 Å². The fraction of sp³-hybridized carbons (Fsp3) is 0.348. The standard InChI is InChI=1S/C23H25N5O6/c1-5-26-18(16-9-7-6-8-10-16)12-27-19-20(24-22(26)27)25(4)23(32)28(21(19)31)11-17(34-15(3)30)13-33-14(2)29/h6-10,12,17H,5,11,13H2,1-4H3. The third-order valence-electron chi connectivity index (χ3n) is 5.52. The molecule has 0 saturated heterocycles. The Balaban J connectivity index is 1.90. The van der Waals surface area contributed by atoms with E-state index >= 15 is 0 Å². The molecular formula is C23H25N5O6. The molecule has 0 bridgehead atoms. The Hall–Kier alpha value is -4.15. The largest absolute Gasteiger partial charge is 0.462 e. The second kappa shape index (κ2) is 9.00. The van der Waals surface area contributed by atoms with Crippen molar-refractivity contribution in [1.29, 1.82) is 0 Å². The molecule has 3 heterocycles. The lowest BCUT2D eigenvalue weighted by Gasteiger charge is -2.18. The van der Waals surface area contributed by atoms with E-state index in [1.807, 2.05) is 48.0 Å². The van der Waals surface area contributed by atoms with Crippen LogP contribution in [0.25, 0.3) is 28.2 Å². The van der Waals surface area contributed by atoms with Crippen molar-refractivity contribution in [1.82, 2.24) is 23.1 Å². The molecule has 0 radical (unpaired) electrons. The zero-order valence-corrected chi connectivity index (χ0v) is 19.3. The van der Waals surface area contributed by atoms with Crippen LogP contribution in [0.4, 0.5) is 0 Å². The van der Waals surface area contributed by atoms with E-state index in [0.717, 1.165) is 15.8 Å². The maximum Gasteiger partial charge on any atom is 0.332 e. The van der Waals surface area contributed by atoms with E-state index in [4.69, 9.17) is 9.47 Å². The van der Waals surface area contributed by atoms with Gasteiger partial charge in [-0.25, -0.2) is 4.79 Å². The van der Waals surface area contributed by atoms with Gasteiger partial charge in [0.15, 0.2) is 17.3 Å². The van der Waals surface area contributed by atoms with E-state index in [-0.39, 0.29) is 24.3 Å². The van der Waals surface area contributed by atoms with Gasteiger partial charge in [-0.1, -0.05) is 30.3 Å². The number of aromatic nitrogens is 5. The first-order valence-electron chi connectivity index (χ1n) is 10.8. The van der Waals surface area contributed by atoms with Crippen LogP contribution >= 0.6 is 0 Å². The van der Waals surface area contributed by atoms with Gasteiger partial charge in [-0.2, -0.15) is 4.98 Å². The first-order chi connectivity index (χ1) is 16.2. The van der Waals surface area contributed by atoms with Gasteiger partial charge in [-0.05, 0) is 12.5 Å². The highest BCUT2D eigenvalue weighted by Gasteiger charge is 2.24. The summed E-state index contributed by atoms with van der Waals surface area (Å²) in [7, 11) is 1.52. The molecular weight excluding hydrogens is 442 g/mol. The fourth-order valence-electron chi connectivity index (χ4n) is 4.03. The number of nitrogens with zero attached hydrogens (tertiary/aromatic N) is 5. The quantitative estimate of drug-likeness (QED) is 0.376. The predicted molar refractivity (Wildman–Crippen MR) is 123 cm³/mol. The summed E-state index contributed by atoms with van der Waals surface area (Å²) < 4.78 is 16.0. The monoisotopic (exact) mass is 467 g/mol. The van der Waals surface area contributed by atoms with Crippen molar-refractivity contribution in [3.63, 3.8) is 0 Å². The van der Waals surface area contributed by atoms with Crippen molar-refractivity contribution in [2.75, 3.05) is 6.61 Å². The highest BCUT2D eigenvalue weighted by atomic mass is 16.6. The Morgan fingerprint density at radius 3 is 2.38 bits per heavy atom. The lowest BCUT2D eigenvalue weighted by molar-refractivity contribution is -0.157. The van der Waals surface area contributed by atoms with Gasteiger partial charge < -0.3 is 14.0 Å². The lowest BCUT2D eigenvalue weighted by atomic mass is 10.2. The summed E-state index contributed by atoms with van der Waals surface area (Å²) in [6.45, 7) is 4.43. The molecule has 1 atom stereocenters. The van der Waals surface area contributed by atoms with Crippen LogP contribution in [0.1, 0.15) is 20.8 Å². The van der Waals surface area contributed by atoms with E-state index < -0.39 is 29.3 Å². The molecule has 0 amide bonds. The van der Waals surface area contributed by atoms with Crippen LogP contribution < -0.4 is 11.2 Å². The molecule has 0 saturated carbocycles. The molecule has 4 rings (SSSR count). The number of carbonyl (C=O) groups is 2. The smallest absolute Gasteiger partial charge is 0.332 e. The maximum atomic E-state index is 13.5. The van der Waals surface area contributed by atoms with Gasteiger partial charge in [0.25, 0.3) is 5.56 Å². The highest BCUT2D eigenvalue weighted by Crippen LogP contribution is 2.25. The average Bonchev–Trinajstić information content (AvgIpc) is 3.35. The van der Waals surface area contributed by atoms with E-state index in [0.29, 0.717) is 12.3 Å². The van der Waals surface area contributed by atoms with Gasteiger partial charge in [0, 0.05) is 33.6 Å². The number of ether oxygens (including phenoxy) is 2. The van der Waals surface area contributed by atoms with Crippen molar-refractivity contribution in [2.24, 2.45) is 7.05 Å². The second-order valence-corrected chi connectivity index (χ2v) is 7.87. The van der Waals surface area contributed by atoms with Gasteiger partial charge >= 0.3 is 17.6 Å². The number of benzene rings is 1. The number of aryl methyl sites for hydroxylation is 2. The van der Waals surface area contributed by atoms with Crippen LogP contribution in [0.15, 0.2) is 46.1 Å². The number of rotatable bonds is 7. The molecule has 0 aliphatic heterocycles. The first-order valence-corrected chi connectivity index (χ1v) is 10.8. The van der Waals surface area contributed by atoms with Crippen LogP contribution in [0.3, 0.4) is 0 Å². The molecule has 178 valence electrons. The minimum absolute atomic E-state index is 0.218. The zero-order chi connectivity index (χ0) is 24.6. The minimum atomic E-state index is -1.01. The van der Waals surface area contributed by atoms with Gasteiger partial charge in [-0.3, -0.25) is 27.9 Å². The van der Waals surface area contributed by atoms with Crippen molar-refractivity contribution in [3.8, 4) is 11.3 Å². The van der Waals surface area contributed by atoms with Crippen LogP contribution in [0.5, 0.6) is 0 Å². The number of fused-ring (bicyclic) bond motifs is 3. The van der Waals surface area contributed by atoms with Gasteiger partial charge in [-0.15, -0.1) is 0 Å². The summed E-state index contributed by atoms with van der Waals surface area (Å²) in [6, 6.07) is 9.72. The predicted octanol–water partition coefficient (Wildman–Crippen LogP) is 1.33. The summed E-state index contributed by atoms with van der Waals surface area (Å²) in [6.07, 6.45) is 0.815. The Bertz CT molecular complexity index is 1510. The molecule has 4 aromatic rings. The van der Waals surface area contributed by atoms with Gasteiger partial charge in [0.2, 0.25) is 5.78 Å². The number of hydrogen-bond acceptors (Lipinski definition) is 7. The molecule has 3 aromatic heterocycles. The van der Waals surface area contributed by atoms with Crippen molar-refractivity contribution >= 4 is 28.9 Å². The van der Waals surface area contributed by atoms with Gasteiger partial charge in [0.05, 0.1) is 12.2 Å². The molecule has 11 heteroatoms. The minimum Gasteiger partial charge on any atom is -0.462 e. The third-order valence-corrected chi connectivity index (χ3v) is 5.52. The molecule has 1 aromatic carbocycles. The first kappa shape index (κ1) is 23.0. The van der Waals surface area contributed by atoms with E-state index in [1.165, 1.54) is 25.5 Å². The normalized spacial score (nSPS) is 12.2. The lowest BCUT2D eigenvalue weighted by Crippen LogP contribution is -2.43. The average molecular weight is 467 g/mol. The van der Waals surface area contributed by atoms with E-state index in [1.54, 1.807) is 4.40 Å². The van der Waals surface area contributed by atoms with Crippen LogP contribution in [0, 0.1) is 0 Å². The summed E-state index contributed by atoms with van der Waals surface area (Å²) in [5.74, 6) is -0.667. The number of hydrogen-bond donors (Lipinski definition) is 0. The van der Waals surface area contributed by atoms with E-state index in [9.17, 15) is 19.2 Å². The molecule has 0 fully saturated rings. The molecule has 0 N–H and O–H groups in total. The number of esters is 2. The topological polar surface area (TPSA) is 119 Å².